The number of rotatable bonds is 6. The van der Waals surface area contributed by atoms with Crippen LogP contribution in [0.15, 0.2) is 57.7 Å². The first kappa shape index (κ1) is 24.5. The highest BCUT2D eigenvalue weighted by molar-refractivity contribution is 5.78. The van der Waals surface area contributed by atoms with E-state index in [2.05, 4.69) is 66.3 Å². The quantitative estimate of drug-likeness (QED) is 0.467. The van der Waals surface area contributed by atoms with E-state index in [9.17, 15) is 9.59 Å². The second-order valence-electron chi connectivity index (χ2n) is 11.6. The molecule has 2 amide bonds. The van der Waals surface area contributed by atoms with Gasteiger partial charge >= 0.3 is 11.8 Å². The second-order valence-corrected chi connectivity index (χ2v) is 11.6. The van der Waals surface area contributed by atoms with Gasteiger partial charge < -0.3 is 19.5 Å². The largest absolute Gasteiger partial charge is 0.417 e. The van der Waals surface area contributed by atoms with Gasteiger partial charge in [-0.25, -0.2) is 9.59 Å². The van der Waals surface area contributed by atoms with Crippen molar-refractivity contribution in [1.29, 1.82) is 0 Å². The number of unbranched alkanes of at least 4 members (excludes halogenated alkanes) is 1. The lowest BCUT2D eigenvalue weighted by atomic mass is 9.57. The lowest BCUT2D eigenvalue weighted by molar-refractivity contribution is -0.00494. The molecule has 2 N–H and O–H groups in total. The molecule has 2 fully saturated rings. The number of nitrogens with zero attached hydrogens (tertiary/aromatic N) is 2. The van der Waals surface area contributed by atoms with E-state index in [1.54, 1.807) is 0 Å². The van der Waals surface area contributed by atoms with Gasteiger partial charge in [0.15, 0.2) is 5.58 Å². The van der Waals surface area contributed by atoms with Crippen LogP contribution >= 0.6 is 0 Å². The highest BCUT2D eigenvalue weighted by atomic mass is 16.4. The molecule has 2 aliphatic rings. The Hall–Kier alpha value is -3.22. The number of H-pyrrole nitrogens is 1. The molecule has 2 aliphatic heterocycles. The van der Waals surface area contributed by atoms with Crippen LogP contribution in [-0.4, -0.2) is 48.1 Å². The van der Waals surface area contributed by atoms with Gasteiger partial charge in [0, 0.05) is 49.4 Å². The molecule has 36 heavy (non-hydrogen) atoms. The summed E-state index contributed by atoms with van der Waals surface area (Å²) in [4.78, 5) is 31.6. The van der Waals surface area contributed by atoms with E-state index < -0.39 is 5.76 Å². The normalized spacial score (nSPS) is 19.5. The molecular weight excluding hydrogens is 452 g/mol. The predicted molar refractivity (Wildman–Crippen MR) is 143 cm³/mol. The van der Waals surface area contributed by atoms with E-state index in [0.29, 0.717) is 11.6 Å². The van der Waals surface area contributed by atoms with Crippen LogP contribution in [0.5, 0.6) is 0 Å². The van der Waals surface area contributed by atoms with Gasteiger partial charge in [-0.1, -0.05) is 51.1 Å². The Bertz CT molecular complexity index is 1250. The molecule has 2 aromatic carbocycles. The minimum Gasteiger partial charge on any atom is -0.408 e. The van der Waals surface area contributed by atoms with Crippen molar-refractivity contribution in [1.82, 2.24) is 15.2 Å². The van der Waals surface area contributed by atoms with Crippen LogP contribution < -0.4 is 16.0 Å². The standard InChI is InChI=1S/C29H38N4O3/c1-28(2,3)25-29(20-33(25)22-12-13-23-24(19-22)36-27(35)31-23)14-17-32(18-15-29)26(34)30-16-8-7-11-21-9-5-4-6-10-21/h4-6,9-10,12-13,19,25H,7-8,11,14-18,20H2,1-3H3,(H,30,34)(H,31,35). The number of amides is 2. The van der Waals surface area contributed by atoms with E-state index in [1.165, 1.54) is 5.56 Å². The van der Waals surface area contributed by atoms with Crippen LogP contribution in [0, 0.1) is 10.8 Å². The molecule has 192 valence electrons. The Morgan fingerprint density at radius 2 is 1.86 bits per heavy atom. The second kappa shape index (κ2) is 9.68. The highest BCUT2D eigenvalue weighted by Crippen LogP contribution is 2.54. The van der Waals surface area contributed by atoms with Gasteiger partial charge in [-0.15, -0.1) is 0 Å². The number of carbonyl (C=O) groups excluding carboxylic acids is 1. The molecule has 7 heteroatoms. The fourth-order valence-corrected chi connectivity index (χ4v) is 6.47. The van der Waals surface area contributed by atoms with Crippen molar-refractivity contribution < 1.29 is 9.21 Å². The number of aromatic amines is 1. The fourth-order valence-electron chi connectivity index (χ4n) is 6.47. The number of benzene rings is 2. The van der Waals surface area contributed by atoms with E-state index in [-0.39, 0.29) is 16.9 Å². The maximum atomic E-state index is 12.8. The van der Waals surface area contributed by atoms with Crippen molar-refractivity contribution in [3.8, 4) is 0 Å². The SMILES string of the molecule is CC(C)(C)C1N(c2ccc3[nH]c(=O)oc3c2)CC12CCN(C(=O)NCCCCc1ccccc1)CC2. The topological polar surface area (TPSA) is 81.6 Å². The van der Waals surface area contributed by atoms with Gasteiger partial charge in [-0.3, -0.25) is 4.98 Å². The van der Waals surface area contributed by atoms with Crippen LogP contribution in [0.4, 0.5) is 10.5 Å². The number of likely N-dealkylation sites (tertiary alicyclic amines) is 1. The van der Waals surface area contributed by atoms with E-state index in [4.69, 9.17) is 4.42 Å². The summed E-state index contributed by atoms with van der Waals surface area (Å²) in [5.41, 5.74) is 4.04. The van der Waals surface area contributed by atoms with Crippen molar-refractivity contribution in [3.05, 3.63) is 64.6 Å². The fraction of sp³-hybridized carbons (Fsp3) is 0.517. The summed E-state index contributed by atoms with van der Waals surface area (Å²) in [7, 11) is 0. The molecule has 0 bridgehead atoms. The van der Waals surface area contributed by atoms with Crippen LogP contribution in [0.3, 0.4) is 0 Å². The number of anilines is 1. The molecule has 2 saturated heterocycles. The molecule has 5 rings (SSSR count). The molecule has 3 heterocycles. The number of carbonyl (C=O) groups is 1. The summed E-state index contributed by atoms with van der Waals surface area (Å²) < 4.78 is 5.31. The Morgan fingerprint density at radius 1 is 1.11 bits per heavy atom. The van der Waals surface area contributed by atoms with Crippen LogP contribution in [-0.2, 0) is 6.42 Å². The average Bonchev–Trinajstić information content (AvgIpc) is 3.21. The molecule has 3 aromatic rings. The Labute approximate surface area is 212 Å². The van der Waals surface area contributed by atoms with Gasteiger partial charge in [0.25, 0.3) is 0 Å². The number of fused-ring (bicyclic) bond motifs is 1. The number of urea groups is 1. The smallest absolute Gasteiger partial charge is 0.408 e. The van der Waals surface area contributed by atoms with Crippen molar-refractivity contribution in [3.63, 3.8) is 0 Å². The molecule has 7 nitrogen and oxygen atoms in total. The van der Waals surface area contributed by atoms with Gasteiger partial charge in [0.05, 0.1) is 5.52 Å². The third kappa shape index (κ3) is 4.88. The molecule has 1 aromatic heterocycles. The molecular formula is C29H38N4O3. The van der Waals surface area contributed by atoms with Crippen LogP contribution in [0.2, 0.25) is 0 Å². The average molecular weight is 491 g/mol. The number of oxazole rings is 1. The first-order valence-electron chi connectivity index (χ1n) is 13.2. The number of aryl methyl sites for hydroxylation is 1. The summed E-state index contributed by atoms with van der Waals surface area (Å²) >= 11 is 0. The van der Waals surface area contributed by atoms with Gasteiger partial charge in [-0.2, -0.15) is 0 Å². The number of piperidine rings is 1. The summed E-state index contributed by atoms with van der Waals surface area (Å²) in [5.74, 6) is -0.420. The predicted octanol–water partition coefficient (Wildman–Crippen LogP) is 5.17. The number of hydrogen-bond donors (Lipinski definition) is 2. The lowest BCUT2D eigenvalue weighted by Crippen LogP contribution is -2.72. The van der Waals surface area contributed by atoms with Gasteiger partial charge in [-0.05, 0) is 55.2 Å². The lowest BCUT2D eigenvalue weighted by Gasteiger charge is -2.65. The van der Waals surface area contributed by atoms with Crippen molar-refractivity contribution in [2.24, 2.45) is 10.8 Å². The zero-order valence-electron chi connectivity index (χ0n) is 21.7. The molecule has 0 radical (unpaired) electrons. The monoisotopic (exact) mass is 490 g/mol. The van der Waals surface area contributed by atoms with Crippen molar-refractivity contribution in [2.45, 2.75) is 58.9 Å². The molecule has 1 spiro atoms. The Morgan fingerprint density at radius 3 is 2.58 bits per heavy atom. The molecule has 1 atom stereocenters. The number of aromatic nitrogens is 1. The first-order valence-corrected chi connectivity index (χ1v) is 13.2. The maximum Gasteiger partial charge on any atom is 0.417 e. The number of hydrogen-bond acceptors (Lipinski definition) is 4. The summed E-state index contributed by atoms with van der Waals surface area (Å²) in [5, 5.41) is 3.13. The third-order valence-electron chi connectivity index (χ3n) is 7.99. The summed E-state index contributed by atoms with van der Waals surface area (Å²) in [6.45, 7) is 10.2. The zero-order chi connectivity index (χ0) is 25.3. The van der Waals surface area contributed by atoms with Crippen molar-refractivity contribution >= 4 is 22.8 Å². The van der Waals surface area contributed by atoms with E-state index in [0.717, 1.165) is 69.5 Å². The molecule has 0 saturated carbocycles. The Balaban J connectivity index is 1.15. The minimum absolute atomic E-state index is 0.0704. The maximum absolute atomic E-state index is 12.8. The van der Waals surface area contributed by atoms with Crippen LogP contribution in [0.25, 0.3) is 11.1 Å². The summed E-state index contributed by atoms with van der Waals surface area (Å²) in [6, 6.07) is 16.9. The third-order valence-corrected chi connectivity index (χ3v) is 7.99. The zero-order valence-corrected chi connectivity index (χ0v) is 21.7. The summed E-state index contributed by atoms with van der Waals surface area (Å²) in [6.07, 6.45) is 5.14. The molecule has 1 unspecified atom stereocenters. The highest BCUT2D eigenvalue weighted by Gasteiger charge is 2.57. The van der Waals surface area contributed by atoms with Crippen LogP contribution in [0.1, 0.15) is 52.0 Å². The first-order chi connectivity index (χ1) is 17.2. The van der Waals surface area contributed by atoms with E-state index >= 15 is 0 Å². The van der Waals surface area contributed by atoms with E-state index in [1.807, 2.05) is 23.1 Å². The number of nitrogens with one attached hydrogen (secondary N) is 2. The minimum atomic E-state index is -0.420. The molecule has 0 aliphatic carbocycles. The van der Waals surface area contributed by atoms with Gasteiger partial charge in [0.2, 0.25) is 0 Å². The Kier molecular flexibility index (Phi) is 6.58. The van der Waals surface area contributed by atoms with Crippen molar-refractivity contribution in [2.75, 3.05) is 31.1 Å². The van der Waals surface area contributed by atoms with Gasteiger partial charge in [0.1, 0.15) is 0 Å².